The topological polar surface area (TPSA) is 67.4 Å². The highest BCUT2D eigenvalue weighted by atomic mass is 35.5. The smallest absolute Gasteiger partial charge is 0.240 e. The van der Waals surface area contributed by atoms with Gasteiger partial charge in [-0.2, -0.15) is 0 Å². The minimum Gasteiger partial charge on any atom is -0.456 e. The lowest BCUT2D eigenvalue weighted by Gasteiger charge is -2.12. The van der Waals surface area contributed by atoms with Gasteiger partial charge in [-0.15, -0.1) is 0 Å². The molecule has 1 aliphatic rings. The molecule has 0 aromatic heterocycles. The van der Waals surface area contributed by atoms with E-state index in [9.17, 15) is 8.42 Å². The number of nitrogens with one attached hydrogen (secondary N) is 2. The molecule has 2 aromatic carbocycles. The zero-order chi connectivity index (χ0) is 17.0. The molecule has 1 atom stereocenters. The van der Waals surface area contributed by atoms with Crippen molar-refractivity contribution in [2.75, 3.05) is 13.1 Å². The zero-order valence-electron chi connectivity index (χ0n) is 13.0. The maximum atomic E-state index is 12.3. The molecular weight excluding hydrogens is 348 g/mol. The predicted octanol–water partition coefficient (Wildman–Crippen LogP) is 3.16. The largest absolute Gasteiger partial charge is 0.456 e. The fourth-order valence-electron chi connectivity index (χ4n) is 2.57. The van der Waals surface area contributed by atoms with Crippen molar-refractivity contribution < 1.29 is 13.2 Å². The Bertz CT molecular complexity index is 788. The minimum atomic E-state index is -3.52. The summed E-state index contributed by atoms with van der Waals surface area (Å²) in [6, 6.07) is 13.6. The summed E-state index contributed by atoms with van der Waals surface area (Å²) in [5, 5.41) is 3.76. The highest BCUT2D eigenvalue weighted by Gasteiger charge is 2.19. The number of para-hydroxylation sites is 1. The number of hydrogen-bond acceptors (Lipinski definition) is 4. The van der Waals surface area contributed by atoms with E-state index in [0.717, 1.165) is 19.4 Å². The van der Waals surface area contributed by atoms with Crippen molar-refractivity contribution in [3.05, 3.63) is 53.6 Å². The van der Waals surface area contributed by atoms with Gasteiger partial charge in [0.15, 0.2) is 0 Å². The van der Waals surface area contributed by atoms with Crippen molar-refractivity contribution >= 4 is 21.6 Å². The Balaban J connectivity index is 1.65. The Hall–Kier alpha value is -1.60. The summed E-state index contributed by atoms with van der Waals surface area (Å²) in [7, 11) is -3.52. The molecule has 24 heavy (non-hydrogen) atoms. The molecule has 0 radical (unpaired) electrons. The molecule has 1 aliphatic heterocycles. The first-order valence-corrected chi connectivity index (χ1v) is 9.66. The lowest BCUT2D eigenvalue weighted by atomic mass is 10.2. The number of hydrogen-bond donors (Lipinski definition) is 2. The van der Waals surface area contributed by atoms with Gasteiger partial charge in [-0.1, -0.05) is 23.7 Å². The average Bonchev–Trinajstić information content (AvgIpc) is 3.09. The van der Waals surface area contributed by atoms with Crippen LogP contribution in [0.4, 0.5) is 0 Å². The van der Waals surface area contributed by atoms with Crippen LogP contribution in [0.25, 0.3) is 0 Å². The second kappa shape index (κ2) is 7.53. The van der Waals surface area contributed by atoms with E-state index < -0.39 is 10.0 Å². The van der Waals surface area contributed by atoms with Crippen LogP contribution in [0.2, 0.25) is 5.02 Å². The molecule has 1 saturated heterocycles. The van der Waals surface area contributed by atoms with Crippen LogP contribution in [-0.4, -0.2) is 27.5 Å². The van der Waals surface area contributed by atoms with Gasteiger partial charge < -0.3 is 10.1 Å². The maximum absolute atomic E-state index is 12.3. The quantitative estimate of drug-likeness (QED) is 0.824. The van der Waals surface area contributed by atoms with Crippen LogP contribution >= 0.6 is 11.6 Å². The van der Waals surface area contributed by atoms with Gasteiger partial charge in [-0.25, -0.2) is 13.1 Å². The lowest BCUT2D eigenvalue weighted by molar-refractivity contribution is 0.482. The second-order valence-electron chi connectivity index (χ2n) is 5.65. The van der Waals surface area contributed by atoms with Gasteiger partial charge in [0.25, 0.3) is 0 Å². The molecule has 5 nitrogen and oxygen atoms in total. The van der Waals surface area contributed by atoms with E-state index >= 15 is 0 Å². The highest BCUT2D eigenvalue weighted by molar-refractivity contribution is 7.89. The van der Waals surface area contributed by atoms with E-state index in [0.29, 0.717) is 23.1 Å². The van der Waals surface area contributed by atoms with Crippen LogP contribution in [0.1, 0.15) is 12.8 Å². The maximum Gasteiger partial charge on any atom is 0.240 e. The van der Waals surface area contributed by atoms with Crippen LogP contribution < -0.4 is 14.8 Å². The third-order valence-corrected chi connectivity index (χ3v) is 5.63. The minimum absolute atomic E-state index is 0.211. The molecule has 0 bridgehead atoms. The molecule has 1 heterocycles. The van der Waals surface area contributed by atoms with Crippen molar-refractivity contribution in [3.8, 4) is 11.5 Å². The van der Waals surface area contributed by atoms with Crippen molar-refractivity contribution in [1.82, 2.24) is 10.0 Å². The van der Waals surface area contributed by atoms with Crippen molar-refractivity contribution in [2.24, 2.45) is 0 Å². The Kier molecular flexibility index (Phi) is 5.40. The number of sulfonamides is 1. The lowest BCUT2D eigenvalue weighted by Crippen LogP contribution is -2.37. The molecule has 0 spiro atoms. The molecule has 1 unspecified atom stereocenters. The summed E-state index contributed by atoms with van der Waals surface area (Å²) >= 11 is 6.04. The molecule has 128 valence electrons. The summed E-state index contributed by atoms with van der Waals surface area (Å²) in [5.41, 5.74) is 0. The second-order valence-corrected chi connectivity index (χ2v) is 7.82. The van der Waals surface area contributed by atoms with E-state index in [-0.39, 0.29) is 10.9 Å². The Morgan fingerprint density at radius 2 is 1.92 bits per heavy atom. The van der Waals surface area contributed by atoms with E-state index in [1.807, 2.05) is 12.1 Å². The summed E-state index contributed by atoms with van der Waals surface area (Å²) in [5.74, 6) is 1.06. The molecule has 0 saturated carbocycles. The summed E-state index contributed by atoms with van der Waals surface area (Å²) < 4.78 is 32.9. The predicted molar refractivity (Wildman–Crippen MR) is 94.2 cm³/mol. The van der Waals surface area contributed by atoms with Crippen molar-refractivity contribution in [1.29, 1.82) is 0 Å². The summed E-state index contributed by atoms with van der Waals surface area (Å²) in [4.78, 5) is 0.215. The first-order valence-electron chi connectivity index (χ1n) is 7.80. The van der Waals surface area contributed by atoms with Crippen LogP contribution in [-0.2, 0) is 10.0 Å². The fourth-order valence-corrected chi connectivity index (χ4v) is 3.82. The molecule has 7 heteroatoms. The van der Waals surface area contributed by atoms with E-state index in [4.69, 9.17) is 16.3 Å². The van der Waals surface area contributed by atoms with Gasteiger partial charge in [-0.05, 0) is 55.8 Å². The normalized spacial score (nSPS) is 17.8. The average molecular weight is 367 g/mol. The van der Waals surface area contributed by atoms with Gasteiger partial charge in [0.2, 0.25) is 10.0 Å². The zero-order valence-corrected chi connectivity index (χ0v) is 14.6. The van der Waals surface area contributed by atoms with Gasteiger partial charge in [0.05, 0.1) is 9.92 Å². The van der Waals surface area contributed by atoms with E-state index in [1.165, 1.54) is 12.1 Å². The monoisotopic (exact) mass is 366 g/mol. The number of halogens is 1. The summed E-state index contributed by atoms with van der Waals surface area (Å²) in [6.45, 7) is 1.35. The molecular formula is C17H19ClN2O3S. The van der Waals surface area contributed by atoms with Gasteiger partial charge >= 0.3 is 0 Å². The third kappa shape index (κ3) is 4.27. The van der Waals surface area contributed by atoms with Gasteiger partial charge in [-0.3, -0.25) is 0 Å². The highest BCUT2D eigenvalue weighted by Crippen LogP contribution is 2.29. The first-order chi connectivity index (χ1) is 11.5. The number of rotatable bonds is 6. The molecule has 1 fully saturated rings. The van der Waals surface area contributed by atoms with Gasteiger partial charge in [0.1, 0.15) is 11.5 Å². The first kappa shape index (κ1) is 17.2. The fraction of sp³-hybridized carbons (Fsp3) is 0.294. The van der Waals surface area contributed by atoms with Gasteiger partial charge in [0, 0.05) is 12.6 Å². The molecule has 2 N–H and O–H groups in total. The Morgan fingerprint density at radius 3 is 2.58 bits per heavy atom. The van der Waals surface area contributed by atoms with Crippen molar-refractivity contribution in [2.45, 2.75) is 23.8 Å². The van der Waals surface area contributed by atoms with Crippen LogP contribution in [0.15, 0.2) is 53.4 Å². The molecule has 0 amide bonds. The van der Waals surface area contributed by atoms with Crippen LogP contribution in [0.5, 0.6) is 11.5 Å². The van der Waals surface area contributed by atoms with E-state index in [1.54, 1.807) is 24.3 Å². The molecule has 2 aromatic rings. The van der Waals surface area contributed by atoms with Crippen LogP contribution in [0, 0.1) is 0 Å². The summed E-state index contributed by atoms with van der Waals surface area (Å²) in [6.07, 6.45) is 2.08. The van der Waals surface area contributed by atoms with Crippen LogP contribution in [0.3, 0.4) is 0 Å². The Morgan fingerprint density at radius 1 is 1.17 bits per heavy atom. The van der Waals surface area contributed by atoms with E-state index in [2.05, 4.69) is 10.0 Å². The molecule has 3 rings (SSSR count). The number of benzene rings is 2. The number of ether oxygens (including phenoxy) is 1. The molecule has 0 aliphatic carbocycles. The third-order valence-electron chi connectivity index (χ3n) is 3.88. The SMILES string of the molecule is O=S(=O)(NCC1CCCN1)c1ccc(Oc2ccccc2Cl)cc1. The Labute approximate surface area is 147 Å². The van der Waals surface area contributed by atoms with Crippen molar-refractivity contribution in [3.63, 3.8) is 0 Å². The standard InChI is InChI=1S/C17H19ClN2O3S/c18-16-5-1-2-6-17(16)23-14-7-9-15(10-8-14)24(21,22)20-12-13-4-3-11-19-13/h1-2,5-10,13,19-20H,3-4,11-12H2.